The van der Waals surface area contributed by atoms with E-state index in [1.807, 2.05) is 13.0 Å². The van der Waals surface area contributed by atoms with Gasteiger partial charge in [0.05, 0.1) is 5.56 Å². The molecule has 0 radical (unpaired) electrons. The van der Waals surface area contributed by atoms with Crippen LogP contribution < -0.4 is 4.74 Å². The van der Waals surface area contributed by atoms with Gasteiger partial charge in [-0.2, -0.15) is 0 Å². The molecule has 110 valence electrons. The van der Waals surface area contributed by atoms with E-state index in [2.05, 4.69) is 31.0 Å². The normalized spacial score (nSPS) is 10.7. The zero-order valence-electron chi connectivity index (χ0n) is 12.7. The van der Waals surface area contributed by atoms with E-state index in [1.165, 1.54) is 6.20 Å². The highest BCUT2D eigenvalue weighted by Gasteiger charge is 2.13. The molecule has 0 amide bonds. The van der Waals surface area contributed by atoms with E-state index in [4.69, 9.17) is 9.84 Å². The van der Waals surface area contributed by atoms with Crippen LogP contribution in [0.2, 0.25) is 0 Å². The Kier molecular flexibility index (Phi) is 4.26. The summed E-state index contributed by atoms with van der Waals surface area (Å²) in [5.41, 5.74) is 3.07. The van der Waals surface area contributed by atoms with Crippen molar-refractivity contribution in [1.29, 1.82) is 0 Å². The molecule has 0 atom stereocenters. The number of hydrogen-bond donors (Lipinski definition) is 1. The fourth-order valence-corrected chi connectivity index (χ4v) is 2.10. The molecule has 0 saturated carbocycles. The van der Waals surface area contributed by atoms with Gasteiger partial charge in [0.2, 0.25) is 5.88 Å². The molecule has 0 unspecified atom stereocenters. The van der Waals surface area contributed by atoms with E-state index in [0.29, 0.717) is 17.4 Å². The van der Waals surface area contributed by atoms with E-state index >= 15 is 0 Å². The predicted octanol–water partition coefficient (Wildman–Crippen LogP) is 4.31. The maximum absolute atomic E-state index is 10.9. The zero-order chi connectivity index (χ0) is 15.6. The number of aromatic carboxylic acids is 1. The van der Waals surface area contributed by atoms with Gasteiger partial charge in [-0.25, -0.2) is 9.78 Å². The van der Waals surface area contributed by atoms with Crippen LogP contribution in [0.1, 0.15) is 46.8 Å². The zero-order valence-corrected chi connectivity index (χ0v) is 12.7. The summed E-state index contributed by atoms with van der Waals surface area (Å²) in [7, 11) is 0. The van der Waals surface area contributed by atoms with Crippen LogP contribution in [0.4, 0.5) is 0 Å². The van der Waals surface area contributed by atoms with Gasteiger partial charge < -0.3 is 9.84 Å². The molecular formula is C17H19NO3. The Hall–Kier alpha value is -2.36. The molecule has 0 saturated heterocycles. The number of hydrogen-bond acceptors (Lipinski definition) is 3. The van der Waals surface area contributed by atoms with Gasteiger partial charge in [0.15, 0.2) is 0 Å². The lowest BCUT2D eigenvalue weighted by molar-refractivity contribution is 0.0696. The molecule has 0 aliphatic carbocycles. The SMILES string of the molecule is Cc1ccc(C(C)C)c(Oc2ncc(C(=O)O)cc2C)c1. The number of carbonyl (C=O) groups is 1. The van der Waals surface area contributed by atoms with E-state index < -0.39 is 5.97 Å². The van der Waals surface area contributed by atoms with Gasteiger partial charge in [0.1, 0.15) is 5.75 Å². The lowest BCUT2D eigenvalue weighted by Crippen LogP contribution is -2.01. The molecule has 0 aliphatic rings. The molecule has 0 bridgehead atoms. The Morgan fingerprint density at radius 2 is 1.95 bits per heavy atom. The number of pyridine rings is 1. The van der Waals surface area contributed by atoms with Gasteiger partial charge in [-0.1, -0.05) is 26.0 Å². The summed E-state index contributed by atoms with van der Waals surface area (Å²) in [6.45, 7) is 8.00. The summed E-state index contributed by atoms with van der Waals surface area (Å²) < 4.78 is 5.91. The van der Waals surface area contributed by atoms with Gasteiger partial charge in [-0.05, 0) is 43.0 Å². The highest BCUT2D eigenvalue weighted by Crippen LogP contribution is 2.32. The van der Waals surface area contributed by atoms with Gasteiger partial charge in [0.25, 0.3) is 0 Å². The first-order chi connectivity index (χ1) is 9.88. The molecule has 2 rings (SSSR count). The van der Waals surface area contributed by atoms with Crippen LogP contribution in [-0.2, 0) is 0 Å². The van der Waals surface area contributed by atoms with Crippen LogP contribution in [0.25, 0.3) is 0 Å². The van der Waals surface area contributed by atoms with Crippen LogP contribution in [0.5, 0.6) is 11.6 Å². The number of benzene rings is 1. The Labute approximate surface area is 124 Å². The lowest BCUT2D eigenvalue weighted by Gasteiger charge is -2.15. The van der Waals surface area contributed by atoms with E-state index in [0.717, 1.165) is 16.9 Å². The van der Waals surface area contributed by atoms with E-state index in [1.54, 1.807) is 13.0 Å². The van der Waals surface area contributed by atoms with Crippen molar-refractivity contribution < 1.29 is 14.6 Å². The molecule has 0 aliphatic heterocycles. The van der Waals surface area contributed by atoms with Crippen molar-refractivity contribution in [2.75, 3.05) is 0 Å². The van der Waals surface area contributed by atoms with Gasteiger partial charge >= 0.3 is 5.97 Å². The molecular weight excluding hydrogens is 266 g/mol. The first kappa shape index (κ1) is 15.0. The standard InChI is InChI=1S/C17H19NO3/c1-10(2)14-6-5-11(3)7-15(14)21-16-12(4)8-13(9-18-16)17(19)20/h5-10H,1-4H3,(H,19,20). The topological polar surface area (TPSA) is 59.4 Å². The molecule has 1 N–H and O–H groups in total. The van der Waals surface area contributed by atoms with Crippen molar-refractivity contribution in [1.82, 2.24) is 4.98 Å². The van der Waals surface area contributed by atoms with Crippen LogP contribution in [0.15, 0.2) is 30.5 Å². The molecule has 21 heavy (non-hydrogen) atoms. The van der Waals surface area contributed by atoms with E-state index in [9.17, 15) is 4.79 Å². The van der Waals surface area contributed by atoms with Crippen molar-refractivity contribution in [3.05, 3.63) is 52.7 Å². The fourth-order valence-electron chi connectivity index (χ4n) is 2.10. The highest BCUT2D eigenvalue weighted by molar-refractivity contribution is 5.87. The van der Waals surface area contributed by atoms with E-state index in [-0.39, 0.29) is 5.56 Å². The summed E-state index contributed by atoms with van der Waals surface area (Å²) in [4.78, 5) is 15.1. The Balaban J connectivity index is 2.38. The summed E-state index contributed by atoms with van der Waals surface area (Å²) in [5, 5.41) is 8.96. The first-order valence-corrected chi connectivity index (χ1v) is 6.87. The van der Waals surface area contributed by atoms with Crippen molar-refractivity contribution >= 4 is 5.97 Å². The second kappa shape index (κ2) is 5.95. The molecule has 1 aromatic carbocycles. The molecule has 4 nitrogen and oxygen atoms in total. The smallest absolute Gasteiger partial charge is 0.337 e. The number of rotatable bonds is 4. The quantitative estimate of drug-likeness (QED) is 0.909. The fraction of sp³-hybridized carbons (Fsp3) is 0.294. The minimum absolute atomic E-state index is 0.160. The van der Waals surface area contributed by atoms with Crippen molar-refractivity contribution in [3.8, 4) is 11.6 Å². The van der Waals surface area contributed by atoms with Gasteiger partial charge in [-0.15, -0.1) is 0 Å². The van der Waals surface area contributed by atoms with Crippen LogP contribution in [0.3, 0.4) is 0 Å². The molecule has 1 aromatic heterocycles. The second-order valence-electron chi connectivity index (χ2n) is 5.45. The van der Waals surface area contributed by atoms with Crippen LogP contribution in [-0.4, -0.2) is 16.1 Å². The number of ether oxygens (including phenoxy) is 1. The highest BCUT2D eigenvalue weighted by atomic mass is 16.5. The van der Waals surface area contributed by atoms with Crippen LogP contribution in [0, 0.1) is 13.8 Å². The summed E-state index contributed by atoms with van der Waals surface area (Å²) >= 11 is 0. The summed E-state index contributed by atoms with van der Waals surface area (Å²) in [6, 6.07) is 7.64. The lowest BCUT2D eigenvalue weighted by atomic mass is 10.0. The average molecular weight is 285 g/mol. The molecule has 4 heteroatoms. The number of nitrogens with zero attached hydrogens (tertiary/aromatic N) is 1. The average Bonchev–Trinajstić information content (AvgIpc) is 2.40. The maximum atomic E-state index is 10.9. The van der Waals surface area contributed by atoms with Crippen molar-refractivity contribution in [2.45, 2.75) is 33.6 Å². The third-order valence-electron chi connectivity index (χ3n) is 3.27. The third-order valence-corrected chi connectivity index (χ3v) is 3.27. The molecule has 2 aromatic rings. The minimum Gasteiger partial charge on any atom is -0.478 e. The Morgan fingerprint density at radius 3 is 2.52 bits per heavy atom. The largest absolute Gasteiger partial charge is 0.478 e. The summed E-state index contributed by atoms with van der Waals surface area (Å²) in [5.74, 6) is 0.547. The number of aromatic nitrogens is 1. The Bertz CT molecular complexity index is 678. The van der Waals surface area contributed by atoms with Gasteiger partial charge in [-0.3, -0.25) is 0 Å². The monoisotopic (exact) mass is 285 g/mol. The van der Waals surface area contributed by atoms with Crippen molar-refractivity contribution in [2.24, 2.45) is 0 Å². The molecule has 1 heterocycles. The second-order valence-corrected chi connectivity index (χ2v) is 5.45. The molecule has 0 fully saturated rings. The van der Waals surface area contributed by atoms with Gasteiger partial charge in [0, 0.05) is 11.8 Å². The Morgan fingerprint density at radius 1 is 1.24 bits per heavy atom. The van der Waals surface area contributed by atoms with Crippen LogP contribution >= 0.6 is 0 Å². The maximum Gasteiger partial charge on any atom is 0.337 e. The minimum atomic E-state index is -0.990. The molecule has 0 spiro atoms. The third kappa shape index (κ3) is 3.40. The number of aryl methyl sites for hydroxylation is 2. The first-order valence-electron chi connectivity index (χ1n) is 6.87. The predicted molar refractivity (Wildman–Crippen MR) is 81.3 cm³/mol. The van der Waals surface area contributed by atoms with Crippen molar-refractivity contribution in [3.63, 3.8) is 0 Å². The number of carboxylic acids is 1. The number of carboxylic acid groups (broad SMARTS) is 1. The summed E-state index contributed by atoms with van der Waals surface area (Å²) in [6.07, 6.45) is 1.31.